The molecule has 0 heterocycles. The van der Waals surface area contributed by atoms with Crippen LogP contribution in [-0.2, 0) is 9.53 Å². The van der Waals surface area contributed by atoms with Crippen molar-refractivity contribution in [2.75, 3.05) is 24.7 Å². The summed E-state index contributed by atoms with van der Waals surface area (Å²) in [6, 6.07) is 16.4. The van der Waals surface area contributed by atoms with Gasteiger partial charge in [-0.3, -0.25) is 4.79 Å². The fraction of sp³-hybridized carbons (Fsp3) is 0.333. The molecule has 6 heteroatoms. The summed E-state index contributed by atoms with van der Waals surface area (Å²) in [5, 5.41) is 11.6. The third kappa shape index (κ3) is 4.63. The average molecular weight is 385 g/mol. The van der Waals surface area contributed by atoms with Crippen molar-refractivity contribution in [3.05, 3.63) is 59.7 Å². The Bertz CT molecular complexity index is 778. The molecule has 1 atom stereocenters. The third-order valence-corrected chi connectivity index (χ3v) is 5.88. The van der Waals surface area contributed by atoms with E-state index in [1.54, 1.807) is 6.92 Å². The second kappa shape index (κ2) is 8.95. The number of aliphatic carboxylic acids is 1. The van der Waals surface area contributed by atoms with Crippen molar-refractivity contribution in [2.45, 2.75) is 12.8 Å². The Labute approximate surface area is 163 Å². The van der Waals surface area contributed by atoms with E-state index in [2.05, 4.69) is 29.6 Å². The van der Waals surface area contributed by atoms with E-state index in [0.29, 0.717) is 24.7 Å². The van der Waals surface area contributed by atoms with Gasteiger partial charge >= 0.3 is 12.1 Å². The van der Waals surface area contributed by atoms with Crippen molar-refractivity contribution in [3.63, 3.8) is 0 Å². The number of alkyl carbamates (subject to hydrolysis) is 1. The Morgan fingerprint density at radius 1 is 1.11 bits per heavy atom. The topological polar surface area (TPSA) is 75.6 Å². The first-order valence-electron chi connectivity index (χ1n) is 8.97. The Morgan fingerprint density at radius 3 is 2.30 bits per heavy atom. The van der Waals surface area contributed by atoms with E-state index < -0.39 is 12.1 Å². The molecule has 1 aliphatic carbocycles. The van der Waals surface area contributed by atoms with Gasteiger partial charge in [-0.05, 0) is 22.3 Å². The first kappa shape index (κ1) is 19.3. The molecule has 0 spiro atoms. The summed E-state index contributed by atoms with van der Waals surface area (Å²) in [7, 11) is 0. The lowest BCUT2D eigenvalue weighted by molar-refractivity contribution is -0.140. The highest BCUT2D eigenvalue weighted by molar-refractivity contribution is 7.99. The molecule has 0 fully saturated rings. The minimum absolute atomic E-state index is 0.0499. The average Bonchev–Trinajstić information content (AvgIpc) is 3.00. The number of carboxylic acid groups (broad SMARTS) is 1. The molecule has 0 saturated carbocycles. The number of ether oxygens (including phenoxy) is 1. The number of carboxylic acids is 1. The number of hydrogen-bond acceptors (Lipinski definition) is 4. The van der Waals surface area contributed by atoms with Gasteiger partial charge in [-0.2, -0.15) is 11.8 Å². The molecule has 27 heavy (non-hydrogen) atoms. The molecule has 0 aromatic heterocycles. The van der Waals surface area contributed by atoms with E-state index >= 15 is 0 Å². The molecule has 2 aromatic carbocycles. The van der Waals surface area contributed by atoms with Crippen LogP contribution in [0.25, 0.3) is 11.1 Å². The Kier molecular flexibility index (Phi) is 6.40. The minimum atomic E-state index is -0.799. The summed E-state index contributed by atoms with van der Waals surface area (Å²) in [4.78, 5) is 22.7. The zero-order valence-corrected chi connectivity index (χ0v) is 16.0. The molecule has 142 valence electrons. The molecular formula is C21H23NO4S. The highest BCUT2D eigenvalue weighted by Gasteiger charge is 2.28. The van der Waals surface area contributed by atoms with Gasteiger partial charge < -0.3 is 15.2 Å². The lowest BCUT2D eigenvalue weighted by atomic mass is 9.98. The van der Waals surface area contributed by atoms with E-state index in [4.69, 9.17) is 9.84 Å². The number of nitrogens with one attached hydrogen (secondary N) is 1. The highest BCUT2D eigenvalue weighted by Crippen LogP contribution is 2.44. The fourth-order valence-corrected chi connectivity index (χ4v) is 4.12. The normalized spacial score (nSPS) is 13.5. The van der Waals surface area contributed by atoms with Crippen molar-refractivity contribution in [1.82, 2.24) is 5.32 Å². The molecule has 1 amide bonds. The van der Waals surface area contributed by atoms with Crippen LogP contribution >= 0.6 is 11.8 Å². The summed E-state index contributed by atoms with van der Waals surface area (Å²) < 4.78 is 5.45. The summed E-state index contributed by atoms with van der Waals surface area (Å²) in [6.45, 7) is 2.42. The van der Waals surface area contributed by atoms with Gasteiger partial charge in [0.25, 0.3) is 0 Å². The Morgan fingerprint density at radius 2 is 1.70 bits per heavy atom. The van der Waals surface area contributed by atoms with Crippen LogP contribution in [0.1, 0.15) is 24.0 Å². The monoisotopic (exact) mass is 385 g/mol. The van der Waals surface area contributed by atoms with Gasteiger partial charge in [-0.25, -0.2) is 4.79 Å². The number of hydrogen-bond donors (Lipinski definition) is 2. The number of carbonyl (C=O) groups excluding carboxylic acids is 1. The molecule has 0 aliphatic heterocycles. The van der Waals surface area contributed by atoms with E-state index in [-0.39, 0.29) is 11.8 Å². The van der Waals surface area contributed by atoms with Gasteiger partial charge in [0.2, 0.25) is 0 Å². The molecule has 2 N–H and O–H groups in total. The molecule has 5 nitrogen and oxygen atoms in total. The predicted octanol–water partition coefficient (Wildman–Crippen LogP) is 3.98. The van der Waals surface area contributed by atoms with Crippen LogP contribution in [-0.4, -0.2) is 41.8 Å². The number of amides is 1. The predicted molar refractivity (Wildman–Crippen MR) is 107 cm³/mol. The first-order valence-corrected chi connectivity index (χ1v) is 10.1. The zero-order valence-electron chi connectivity index (χ0n) is 15.2. The van der Waals surface area contributed by atoms with Crippen LogP contribution in [0.4, 0.5) is 4.79 Å². The largest absolute Gasteiger partial charge is 0.481 e. The van der Waals surface area contributed by atoms with Gasteiger partial charge in [0, 0.05) is 24.0 Å². The van der Waals surface area contributed by atoms with Crippen molar-refractivity contribution in [1.29, 1.82) is 0 Å². The first-order chi connectivity index (χ1) is 13.1. The molecule has 0 bridgehead atoms. The number of thioether (sulfide) groups is 1. The van der Waals surface area contributed by atoms with Crippen molar-refractivity contribution < 1.29 is 19.4 Å². The van der Waals surface area contributed by atoms with E-state index in [9.17, 15) is 9.59 Å². The maximum Gasteiger partial charge on any atom is 0.407 e. The summed E-state index contributed by atoms with van der Waals surface area (Å²) in [5.74, 6) is 0.0501. The quantitative estimate of drug-likeness (QED) is 0.672. The molecule has 0 radical (unpaired) electrons. The smallest absolute Gasteiger partial charge is 0.407 e. The van der Waals surface area contributed by atoms with Crippen LogP contribution in [0.3, 0.4) is 0 Å². The molecule has 1 aliphatic rings. The van der Waals surface area contributed by atoms with Gasteiger partial charge in [-0.1, -0.05) is 55.5 Å². The maximum atomic E-state index is 12.0. The second-order valence-corrected chi connectivity index (χ2v) is 7.72. The maximum absolute atomic E-state index is 12.0. The molecule has 1 unspecified atom stereocenters. The van der Waals surface area contributed by atoms with Gasteiger partial charge in [0.1, 0.15) is 6.61 Å². The molecule has 2 aromatic rings. The van der Waals surface area contributed by atoms with Crippen LogP contribution < -0.4 is 5.32 Å². The SMILES string of the molecule is CC(CSCCNC(=O)OCC1c2ccccc2-c2ccccc21)C(=O)O. The minimum Gasteiger partial charge on any atom is -0.481 e. The van der Waals surface area contributed by atoms with Crippen LogP contribution in [0, 0.1) is 5.92 Å². The van der Waals surface area contributed by atoms with E-state index in [1.807, 2.05) is 24.3 Å². The molecular weight excluding hydrogens is 362 g/mol. The van der Waals surface area contributed by atoms with Crippen molar-refractivity contribution >= 4 is 23.8 Å². The van der Waals surface area contributed by atoms with E-state index in [0.717, 1.165) is 0 Å². The number of fused-ring (bicyclic) bond motifs is 3. The number of rotatable bonds is 8. The van der Waals surface area contributed by atoms with Gasteiger partial charge in [0.15, 0.2) is 0 Å². The fourth-order valence-electron chi connectivity index (χ4n) is 3.21. The van der Waals surface area contributed by atoms with Gasteiger partial charge in [-0.15, -0.1) is 0 Å². The molecule has 3 rings (SSSR count). The van der Waals surface area contributed by atoms with Crippen molar-refractivity contribution in [3.8, 4) is 11.1 Å². The lowest BCUT2D eigenvalue weighted by Gasteiger charge is -2.14. The highest BCUT2D eigenvalue weighted by atomic mass is 32.2. The second-order valence-electron chi connectivity index (χ2n) is 6.57. The number of benzene rings is 2. The summed E-state index contributed by atoms with van der Waals surface area (Å²) in [5.41, 5.74) is 4.77. The van der Waals surface area contributed by atoms with E-state index in [1.165, 1.54) is 34.0 Å². The van der Waals surface area contributed by atoms with Crippen molar-refractivity contribution in [2.24, 2.45) is 5.92 Å². The number of carbonyl (C=O) groups is 2. The summed E-state index contributed by atoms with van der Waals surface area (Å²) >= 11 is 1.51. The Balaban J connectivity index is 1.48. The van der Waals surface area contributed by atoms with Crippen LogP contribution in [0.2, 0.25) is 0 Å². The summed E-state index contributed by atoms with van der Waals surface area (Å²) in [6.07, 6.45) is -0.441. The lowest BCUT2D eigenvalue weighted by Crippen LogP contribution is -2.28. The Hall–Kier alpha value is -2.47. The standard InChI is InChI=1S/C21H23NO4S/c1-14(20(23)24)13-27-11-10-22-21(25)26-12-19-17-8-4-2-6-15(17)16-7-3-5-9-18(16)19/h2-9,14,19H,10-13H2,1H3,(H,22,25)(H,23,24). The molecule has 0 saturated heterocycles. The van der Waals surface area contributed by atoms with Crippen LogP contribution in [0.5, 0.6) is 0 Å². The van der Waals surface area contributed by atoms with Crippen LogP contribution in [0.15, 0.2) is 48.5 Å². The third-order valence-electron chi connectivity index (χ3n) is 4.65. The zero-order chi connectivity index (χ0) is 19.2. The van der Waals surface area contributed by atoms with Gasteiger partial charge in [0.05, 0.1) is 5.92 Å².